The predicted octanol–water partition coefficient (Wildman–Crippen LogP) is 2.85. The van der Waals surface area contributed by atoms with Crippen LogP contribution in [0, 0.1) is 5.92 Å². The van der Waals surface area contributed by atoms with Crippen LogP contribution in [0.15, 0.2) is 24.3 Å². The Hall–Kier alpha value is -1.06. The van der Waals surface area contributed by atoms with E-state index in [1.54, 1.807) is 7.11 Å². The number of hydrogen-bond donors (Lipinski definition) is 1. The number of methoxy groups -OCH3 is 1. The minimum absolute atomic E-state index is 0.118. The molecular weight excluding hydrogens is 226 g/mol. The highest BCUT2D eigenvalue weighted by Gasteiger charge is 2.02. The van der Waals surface area contributed by atoms with Gasteiger partial charge in [-0.3, -0.25) is 0 Å². The van der Waals surface area contributed by atoms with Gasteiger partial charge < -0.3 is 14.8 Å². The second kappa shape index (κ2) is 8.11. The molecule has 0 aliphatic rings. The highest BCUT2D eigenvalue weighted by Crippen LogP contribution is 2.13. The average Bonchev–Trinajstić information content (AvgIpc) is 2.36. The zero-order valence-corrected chi connectivity index (χ0v) is 11.9. The van der Waals surface area contributed by atoms with Gasteiger partial charge in [0.05, 0.1) is 6.10 Å². The first-order chi connectivity index (χ1) is 8.61. The van der Waals surface area contributed by atoms with Crippen LogP contribution in [-0.4, -0.2) is 26.4 Å². The molecule has 1 unspecified atom stereocenters. The maximum Gasteiger partial charge on any atom is 0.119 e. The number of benzene rings is 1. The van der Waals surface area contributed by atoms with E-state index in [4.69, 9.17) is 9.47 Å². The highest BCUT2D eigenvalue weighted by atomic mass is 16.5. The quantitative estimate of drug-likeness (QED) is 0.770. The summed E-state index contributed by atoms with van der Waals surface area (Å²) in [5, 5.41) is 3.42. The van der Waals surface area contributed by atoms with Crippen molar-refractivity contribution in [3.63, 3.8) is 0 Å². The maximum atomic E-state index is 5.67. The molecule has 0 spiro atoms. The summed E-state index contributed by atoms with van der Waals surface area (Å²) in [6.07, 6.45) is 0.118. The van der Waals surface area contributed by atoms with Gasteiger partial charge in [0.1, 0.15) is 12.4 Å². The van der Waals surface area contributed by atoms with E-state index in [1.807, 2.05) is 19.1 Å². The Morgan fingerprint density at radius 3 is 2.67 bits per heavy atom. The van der Waals surface area contributed by atoms with E-state index in [0.29, 0.717) is 12.5 Å². The average molecular weight is 251 g/mol. The molecule has 0 aliphatic carbocycles. The van der Waals surface area contributed by atoms with Crippen molar-refractivity contribution in [2.75, 3.05) is 20.3 Å². The van der Waals surface area contributed by atoms with Gasteiger partial charge in [-0.15, -0.1) is 0 Å². The summed E-state index contributed by atoms with van der Waals surface area (Å²) < 4.78 is 10.8. The number of ether oxygens (including phenoxy) is 2. The molecule has 0 amide bonds. The van der Waals surface area contributed by atoms with Crippen LogP contribution in [0.25, 0.3) is 0 Å². The Morgan fingerprint density at radius 1 is 1.22 bits per heavy atom. The lowest BCUT2D eigenvalue weighted by Gasteiger charge is -2.12. The summed E-state index contributed by atoms with van der Waals surface area (Å²) >= 11 is 0. The van der Waals surface area contributed by atoms with Crippen molar-refractivity contribution in [3.8, 4) is 5.75 Å². The first kappa shape index (κ1) is 15.0. The number of hydrogen-bond acceptors (Lipinski definition) is 3. The van der Waals surface area contributed by atoms with Crippen LogP contribution in [0.4, 0.5) is 0 Å². The fourth-order valence-electron chi connectivity index (χ4n) is 1.53. The summed E-state index contributed by atoms with van der Waals surface area (Å²) in [5.41, 5.74) is 1.25. The van der Waals surface area contributed by atoms with E-state index in [0.717, 1.165) is 18.8 Å². The molecule has 0 bridgehead atoms. The highest BCUT2D eigenvalue weighted by molar-refractivity contribution is 5.28. The Balaban J connectivity index is 2.41. The van der Waals surface area contributed by atoms with Crippen LogP contribution in [0.5, 0.6) is 5.75 Å². The van der Waals surface area contributed by atoms with E-state index in [9.17, 15) is 0 Å². The summed E-state index contributed by atoms with van der Waals surface area (Å²) in [7, 11) is 1.69. The lowest BCUT2D eigenvalue weighted by atomic mass is 10.2. The first-order valence-electron chi connectivity index (χ1n) is 6.57. The molecule has 0 aliphatic heterocycles. The minimum Gasteiger partial charge on any atom is -0.491 e. The smallest absolute Gasteiger partial charge is 0.119 e. The van der Waals surface area contributed by atoms with Crippen molar-refractivity contribution in [1.29, 1.82) is 0 Å². The van der Waals surface area contributed by atoms with Gasteiger partial charge in [0.2, 0.25) is 0 Å². The number of nitrogens with one attached hydrogen (secondary N) is 1. The Morgan fingerprint density at radius 2 is 2.00 bits per heavy atom. The molecular formula is C15H25NO2. The molecule has 18 heavy (non-hydrogen) atoms. The first-order valence-corrected chi connectivity index (χ1v) is 6.57. The zero-order chi connectivity index (χ0) is 13.4. The summed E-state index contributed by atoms with van der Waals surface area (Å²) in [6, 6.07) is 8.20. The Labute approximate surface area is 110 Å². The van der Waals surface area contributed by atoms with Crippen LogP contribution in [0.2, 0.25) is 0 Å². The SMILES string of the molecule is COC(C)COc1cccc(CNCC(C)C)c1. The van der Waals surface area contributed by atoms with E-state index in [1.165, 1.54) is 5.56 Å². The lowest BCUT2D eigenvalue weighted by molar-refractivity contribution is 0.0716. The fraction of sp³-hybridized carbons (Fsp3) is 0.600. The fourth-order valence-corrected chi connectivity index (χ4v) is 1.53. The molecule has 3 nitrogen and oxygen atoms in total. The van der Waals surface area contributed by atoms with Crippen LogP contribution < -0.4 is 10.1 Å². The molecule has 102 valence electrons. The summed E-state index contributed by atoms with van der Waals surface area (Å²) in [5.74, 6) is 1.58. The van der Waals surface area contributed by atoms with Crippen LogP contribution >= 0.6 is 0 Å². The molecule has 0 saturated heterocycles. The zero-order valence-electron chi connectivity index (χ0n) is 11.9. The van der Waals surface area contributed by atoms with Crippen molar-refractivity contribution in [2.24, 2.45) is 5.92 Å². The molecule has 0 aromatic heterocycles. The monoisotopic (exact) mass is 251 g/mol. The van der Waals surface area contributed by atoms with Crippen molar-refractivity contribution >= 4 is 0 Å². The summed E-state index contributed by atoms with van der Waals surface area (Å²) in [6.45, 7) is 8.91. The van der Waals surface area contributed by atoms with E-state index < -0.39 is 0 Å². The largest absolute Gasteiger partial charge is 0.491 e. The maximum absolute atomic E-state index is 5.67. The van der Waals surface area contributed by atoms with Gasteiger partial charge in [-0.1, -0.05) is 26.0 Å². The summed E-state index contributed by atoms with van der Waals surface area (Å²) in [4.78, 5) is 0. The molecule has 1 N–H and O–H groups in total. The third-order valence-electron chi connectivity index (χ3n) is 2.67. The van der Waals surface area contributed by atoms with E-state index in [-0.39, 0.29) is 6.10 Å². The molecule has 1 aromatic rings. The van der Waals surface area contributed by atoms with Gasteiger partial charge in [-0.05, 0) is 37.1 Å². The van der Waals surface area contributed by atoms with E-state index in [2.05, 4.69) is 31.3 Å². The molecule has 1 aromatic carbocycles. The molecule has 0 fully saturated rings. The third kappa shape index (κ3) is 6.03. The topological polar surface area (TPSA) is 30.5 Å². The standard InChI is InChI=1S/C15H25NO2/c1-12(2)9-16-10-14-6-5-7-15(8-14)18-11-13(3)17-4/h5-8,12-13,16H,9-11H2,1-4H3. The molecule has 3 heteroatoms. The third-order valence-corrected chi connectivity index (χ3v) is 2.67. The van der Waals surface area contributed by atoms with Crippen molar-refractivity contribution in [3.05, 3.63) is 29.8 Å². The lowest BCUT2D eigenvalue weighted by Crippen LogP contribution is -2.19. The van der Waals surface area contributed by atoms with Crippen molar-refractivity contribution < 1.29 is 9.47 Å². The Bertz CT molecular complexity index is 339. The normalized spacial score (nSPS) is 12.7. The molecule has 0 saturated carbocycles. The van der Waals surface area contributed by atoms with Gasteiger partial charge >= 0.3 is 0 Å². The van der Waals surface area contributed by atoms with E-state index >= 15 is 0 Å². The molecule has 0 radical (unpaired) electrons. The second-order valence-electron chi connectivity index (χ2n) is 5.03. The van der Waals surface area contributed by atoms with Gasteiger partial charge in [-0.2, -0.15) is 0 Å². The van der Waals surface area contributed by atoms with Crippen molar-refractivity contribution in [1.82, 2.24) is 5.32 Å². The van der Waals surface area contributed by atoms with Crippen LogP contribution in [0.1, 0.15) is 26.3 Å². The van der Waals surface area contributed by atoms with Crippen molar-refractivity contribution in [2.45, 2.75) is 33.4 Å². The van der Waals surface area contributed by atoms with Crippen LogP contribution in [-0.2, 0) is 11.3 Å². The molecule has 1 atom stereocenters. The van der Waals surface area contributed by atoms with Crippen LogP contribution in [0.3, 0.4) is 0 Å². The Kier molecular flexibility index (Phi) is 6.76. The van der Waals surface area contributed by atoms with Gasteiger partial charge in [0, 0.05) is 13.7 Å². The predicted molar refractivity (Wildman–Crippen MR) is 75.0 cm³/mol. The molecule has 1 rings (SSSR count). The minimum atomic E-state index is 0.118. The van der Waals surface area contributed by atoms with Gasteiger partial charge in [-0.25, -0.2) is 0 Å². The van der Waals surface area contributed by atoms with Gasteiger partial charge in [0.25, 0.3) is 0 Å². The van der Waals surface area contributed by atoms with Gasteiger partial charge in [0.15, 0.2) is 0 Å². The second-order valence-corrected chi connectivity index (χ2v) is 5.03. The number of rotatable bonds is 8. The molecule has 0 heterocycles.